The van der Waals surface area contributed by atoms with E-state index in [4.69, 9.17) is 4.74 Å². The lowest BCUT2D eigenvalue weighted by molar-refractivity contribution is -0.151. The van der Waals surface area contributed by atoms with Gasteiger partial charge in [0, 0.05) is 6.04 Å². The standard InChI is InChI=1S/C17H25N3O5/c21-13(18-12-6-2-3-7-12)11-25-14(22)10-20-15(23)17(19-16(20)24)8-4-1-5-9-17/h12H,1-11H2,(H,18,21)(H,19,24). The quantitative estimate of drug-likeness (QED) is 0.564. The van der Waals surface area contributed by atoms with E-state index in [1.165, 1.54) is 0 Å². The van der Waals surface area contributed by atoms with Crippen molar-refractivity contribution >= 4 is 23.8 Å². The number of esters is 1. The molecule has 4 amide bonds. The summed E-state index contributed by atoms with van der Waals surface area (Å²) in [7, 11) is 0. The summed E-state index contributed by atoms with van der Waals surface area (Å²) in [5.74, 6) is -1.45. The lowest BCUT2D eigenvalue weighted by Crippen LogP contribution is -2.48. The number of hydrogen-bond acceptors (Lipinski definition) is 5. The van der Waals surface area contributed by atoms with Gasteiger partial charge in [0.25, 0.3) is 11.8 Å². The highest BCUT2D eigenvalue weighted by molar-refractivity contribution is 6.08. The zero-order valence-electron chi connectivity index (χ0n) is 14.3. The Morgan fingerprint density at radius 1 is 1.12 bits per heavy atom. The second-order valence-electron chi connectivity index (χ2n) is 7.17. The van der Waals surface area contributed by atoms with Crippen LogP contribution in [0.4, 0.5) is 4.79 Å². The maximum atomic E-state index is 12.6. The van der Waals surface area contributed by atoms with E-state index in [1.807, 2.05) is 0 Å². The van der Waals surface area contributed by atoms with Crippen LogP contribution in [0.25, 0.3) is 0 Å². The van der Waals surface area contributed by atoms with Crippen molar-refractivity contribution in [1.82, 2.24) is 15.5 Å². The van der Waals surface area contributed by atoms with E-state index in [0.29, 0.717) is 12.8 Å². The Labute approximate surface area is 146 Å². The molecule has 138 valence electrons. The molecule has 0 aromatic heterocycles. The van der Waals surface area contributed by atoms with Crippen LogP contribution in [0, 0.1) is 0 Å². The smallest absolute Gasteiger partial charge is 0.326 e. The largest absolute Gasteiger partial charge is 0.454 e. The molecule has 0 unspecified atom stereocenters. The summed E-state index contributed by atoms with van der Waals surface area (Å²) in [5, 5.41) is 5.55. The van der Waals surface area contributed by atoms with Gasteiger partial charge >= 0.3 is 12.0 Å². The van der Waals surface area contributed by atoms with Gasteiger partial charge in [-0.25, -0.2) is 4.79 Å². The summed E-state index contributed by atoms with van der Waals surface area (Å²) in [6, 6.07) is -0.400. The number of amides is 4. The highest BCUT2D eigenvalue weighted by Crippen LogP contribution is 2.33. The van der Waals surface area contributed by atoms with Gasteiger partial charge in [0.05, 0.1) is 0 Å². The van der Waals surface area contributed by atoms with Crippen molar-refractivity contribution in [1.29, 1.82) is 0 Å². The molecule has 3 fully saturated rings. The van der Waals surface area contributed by atoms with E-state index in [2.05, 4.69) is 10.6 Å². The van der Waals surface area contributed by atoms with Crippen molar-refractivity contribution < 1.29 is 23.9 Å². The Kier molecular flexibility index (Phi) is 5.24. The van der Waals surface area contributed by atoms with Gasteiger partial charge in [0.15, 0.2) is 6.61 Å². The van der Waals surface area contributed by atoms with Crippen LogP contribution < -0.4 is 10.6 Å². The zero-order chi connectivity index (χ0) is 17.9. The van der Waals surface area contributed by atoms with E-state index in [1.54, 1.807) is 0 Å². The number of carbonyl (C=O) groups is 4. The third kappa shape index (κ3) is 3.93. The summed E-state index contributed by atoms with van der Waals surface area (Å²) in [6.45, 7) is -0.840. The molecule has 8 heteroatoms. The second kappa shape index (κ2) is 7.41. The summed E-state index contributed by atoms with van der Waals surface area (Å²) in [6.07, 6.45) is 8.10. The Morgan fingerprint density at radius 2 is 1.80 bits per heavy atom. The number of rotatable bonds is 5. The Hall–Kier alpha value is -2.12. The van der Waals surface area contributed by atoms with Crippen LogP contribution in [0.2, 0.25) is 0 Å². The second-order valence-corrected chi connectivity index (χ2v) is 7.17. The molecule has 1 aliphatic heterocycles. The fraction of sp³-hybridized carbons (Fsp3) is 0.765. The highest BCUT2D eigenvalue weighted by Gasteiger charge is 2.51. The number of hydrogen-bond donors (Lipinski definition) is 2. The molecule has 0 radical (unpaired) electrons. The molecule has 2 aliphatic carbocycles. The first-order chi connectivity index (χ1) is 12.0. The van der Waals surface area contributed by atoms with Crippen molar-refractivity contribution in [3.8, 4) is 0 Å². The Morgan fingerprint density at radius 3 is 2.48 bits per heavy atom. The minimum atomic E-state index is -0.852. The predicted molar refractivity (Wildman–Crippen MR) is 87.4 cm³/mol. The van der Waals surface area contributed by atoms with Crippen LogP contribution in [0.5, 0.6) is 0 Å². The van der Waals surface area contributed by atoms with Gasteiger partial charge in [-0.2, -0.15) is 0 Å². The maximum Gasteiger partial charge on any atom is 0.326 e. The Balaban J connectivity index is 1.46. The molecule has 8 nitrogen and oxygen atoms in total. The van der Waals surface area contributed by atoms with Crippen LogP contribution in [-0.2, 0) is 19.1 Å². The summed E-state index contributed by atoms with van der Waals surface area (Å²) < 4.78 is 4.92. The number of imide groups is 1. The first kappa shape index (κ1) is 17.7. The number of urea groups is 1. The van der Waals surface area contributed by atoms with Crippen molar-refractivity contribution in [3.63, 3.8) is 0 Å². The third-order valence-electron chi connectivity index (χ3n) is 5.32. The monoisotopic (exact) mass is 351 g/mol. The molecule has 0 aromatic rings. The number of ether oxygens (including phenoxy) is 1. The van der Waals surface area contributed by atoms with E-state index >= 15 is 0 Å². The molecule has 3 aliphatic rings. The SMILES string of the molecule is O=C(COC(=O)CN1C(=O)NC2(CCCCC2)C1=O)NC1CCCC1. The summed E-state index contributed by atoms with van der Waals surface area (Å²) in [4.78, 5) is 49.2. The van der Waals surface area contributed by atoms with Gasteiger partial charge in [0.2, 0.25) is 0 Å². The molecule has 1 heterocycles. The third-order valence-corrected chi connectivity index (χ3v) is 5.32. The van der Waals surface area contributed by atoms with Gasteiger partial charge < -0.3 is 15.4 Å². The van der Waals surface area contributed by atoms with Crippen LogP contribution in [0.15, 0.2) is 0 Å². The molecule has 1 saturated heterocycles. The molecule has 2 N–H and O–H groups in total. The molecule has 0 atom stereocenters. The van der Waals surface area contributed by atoms with Crippen molar-refractivity contribution in [3.05, 3.63) is 0 Å². The average molecular weight is 351 g/mol. The van der Waals surface area contributed by atoms with Crippen molar-refractivity contribution in [2.75, 3.05) is 13.2 Å². The Bertz CT molecular complexity index is 565. The maximum absolute atomic E-state index is 12.6. The average Bonchev–Trinajstić information content (AvgIpc) is 3.17. The van der Waals surface area contributed by atoms with Crippen LogP contribution >= 0.6 is 0 Å². The molecule has 0 bridgehead atoms. The molecule has 1 spiro atoms. The number of nitrogens with one attached hydrogen (secondary N) is 2. The molecular formula is C17H25N3O5. The van der Waals surface area contributed by atoms with Crippen molar-refractivity contribution in [2.45, 2.75) is 69.4 Å². The fourth-order valence-corrected chi connectivity index (χ4v) is 3.97. The lowest BCUT2D eigenvalue weighted by Gasteiger charge is -2.30. The molecule has 0 aromatic carbocycles. The van der Waals surface area contributed by atoms with Crippen LogP contribution in [0.1, 0.15) is 57.8 Å². The fourth-order valence-electron chi connectivity index (χ4n) is 3.97. The lowest BCUT2D eigenvalue weighted by atomic mass is 9.82. The van der Waals surface area contributed by atoms with E-state index in [-0.39, 0.29) is 24.5 Å². The van der Waals surface area contributed by atoms with E-state index < -0.39 is 24.1 Å². The highest BCUT2D eigenvalue weighted by atomic mass is 16.5. The first-order valence-electron chi connectivity index (χ1n) is 9.09. The topological polar surface area (TPSA) is 105 Å². The van der Waals surface area contributed by atoms with Gasteiger partial charge in [-0.3, -0.25) is 19.3 Å². The molecular weight excluding hydrogens is 326 g/mol. The zero-order valence-corrected chi connectivity index (χ0v) is 14.3. The number of nitrogens with zero attached hydrogens (tertiary/aromatic N) is 1. The number of carbonyl (C=O) groups excluding carboxylic acids is 4. The minimum absolute atomic E-state index is 0.156. The van der Waals surface area contributed by atoms with Gasteiger partial charge in [-0.05, 0) is 25.7 Å². The van der Waals surface area contributed by atoms with Crippen LogP contribution in [-0.4, -0.2) is 53.4 Å². The van der Waals surface area contributed by atoms with Gasteiger partial charge in [-0.1, -0.05) is 32.1 Å². The summed E-state index contributed by atoms with van der Waals surface area (Å²) >= 11 is 0. The van der Waals surface area contributed by atoms with Crippen molar-refractivity contribution in [2.24, 2.45) is 0 Å². The molecule has 25 heavy (non-hydrogen) atoms. The van der Waals surface area contributed by atoms with E-state index in [0.717, 1.165) is 49.8 Å². The predicted octanol–water partition coefficient (Wildman–Crippen LogP) is 0.843. The van der Waals surface area contributed by atoms with Crippen LogP contribution in [0.3, 0.4) is 0 Å². The van der Waals surface area contributed by atoms with Gasteiger partial charge in [0.1, 0.15) is 12.1 Å². The molecule has 3 rings (SSSR count). The first-order valence-corrected chi connectivity index (χ1v) is 9.09. The summed E-state index contributed by atoms with van der Waals surface area (Å²) in [5.41, 5.74) is -0.852. The van der Waals surface area contributed by atoms with Gasteiger partial charge in [-0.15, -0.1) is 0 Å². The molecule has 2 saturated carbocycles. The minimum Gasteiger partial charge on any atom is -0.454 e. The van der Waals surface area contributed by atoms with E-state index in [9.17, 15) is 19.2 Å². The normalized spacial score (nSPS) is 23.0.